The summed E-state index contributed by atoms with van der Waals surface area (Å²) in [5.41, 5.74) is 1.79. The highest BCUT2D eigenvalue weighted by molar-refractivity contribution is 5.50. The highest BCUT2D eigenvalue weighted by Crippen LogP contribution is 2.28. The van der Waals surface area contributed by atoms with Gasteiger partial charge in [0.2, 0.25) is 0 Å². The van der Waals surface area contributed by atoms with Crippen LogP contribution < -0.4 is 10.2 Å². The Labute approximate surface area is 109 Å². The van der Waals surface area contributed by atoms with Crippen LogP contribution in [0.1, 0.15) is 32.3 Å². The van der Waals surface area contributed by atoms with Crippen molar-refractivity contribution in [2.45, 2.75) is 33.2 Å². The zero-order chi connectivity index (χ0) is 13.0. The topological polar surface area (TPSA) is 15.3 Å². The Bertz CT molecular complexity index is 392. The van der Waals surface area contributed by atoms with E-state index in [9.17, 15) is 4.39 Å². The van der Waals surface area contributed by atoms with E-state index in [-0.39, 0.29) is 5.82 Å². The van der Waals surface area contributed by atoms with Gasteiger partial charge in [-0.3, -0.25) is 0 Å². The molecule has 1 unspecified atom stereocenters. The largest absolute Gasteiger partial charge is 0.369 e. The lowest BCUT2D eigenvalue weighted by Gasteiger charge is -2.19. The van der Waals surface area contributed by atoms with Crippen molar-refractivity contribution in [1.82, 2.24) is 5.32 Å². The summed E-state index contributed by atoms with van der Waals surface area (Å²) in [6.45, 7) is 7.91. The molecule has 0 bridgehead atoms. The molecule has 0 radical (unpaired) electrons. The smallest absolute Gasteiger partial charge is 0.146 e. The molecule has 1 aromatic rings. The molecule has 100 valence electrons. The predicted octanol–water partition coefficient (Wildman–Crippen LogP) is 3.17. The highest BCUT2D eigenvalue weighted by Gasteiger charge is 2.23. The molecule has 0 aromatic heterocycles. The summed E-state index contributed by atoms with van der Waals surface area (Å²) in [4.78, 5) is 2.18. The molecule has 0 aliphatic carbocycles. The van der Waals surface area contributed by atoms with Gasteiger partial charge in [-0.2, -0.15) is 0 Å². The van der Waals surface area contributed by atoms with Crippen LogP contribution in [0.15, 0.2) is 18.2 Å². The number of halogens is 1. The molecule has 18 heavy (non-hydrogen) atoms. The first-order valence-electron chi connectivity index (χ1n) is 6.98. The molecular formula is C15H23FN2. The first-order chi connectivity index (χ1) is 8.74. The summed E-state index contributed by atoms with van der Waals surface area (Å²) in [6, 6.07) is 5.62. The summed E-state index contributed by atoms with van der Waals surface area (Å²) in [5, 5.41) is 3.22. The Morgan fingerprint density at radius 2 is 2.22 bits per heavy atom. The van der Waals surface area contributed by atoms with E-state index in [2.05, 4.69) is 24.1 Å². The average Bonchev–Trinajstić information content (AvgIpc) is 2.85. The number of benzene rings is 1. The molecule has 0 amide bonds. The Hall–Kier alpha value is -1.09. The van der Waals surface area contributed by atoms with E-state index in [0.29, 0.717) is 0 Å². The lowest BCUT2D eigenvalue weighted by molar-refractivity contribution is 0.566. The zero-order valence-corrected chi connectivity index (χ0v) is 11.4. The van der Waals surface area contributed by atoms with Crippen LogP contribution in [0, 0.1) is 11.7 Å². The molecule has 1 aliphatic heterocycles. The van der Waals surface area contributed by atoms with Crippen LogP contribution >= 0.6 is 0 Å². The van der Waals surface area contributed by atoms with Crippen LogP contribution in [0.4, 0.5) is 10.1 Å². The summed E-state index contributed by atoms with van der Waals surface area (Å²) >= 11 is 0. The molecule has 1 aromatic carbocycles. The standard InChI is InChI=1S/C15H23FN2/c1-3-12-7-8-18(11-12)15-6-5-13(9-14(15)16)10-17-4-2/h5-6,9,12,17H,3-4,7-8,10-11H2,1-2H3. The molecule has 1 heterocycles. The molecule has 0 spiro atoms. The molecule has 0 saturated carbocycles. The van der Waals surface area contributed by atoms with Crippen molar-refractivity contribution in [1.29, 1.82) is 0 Å². The van der Waals surface area contributed by atoms with Crippen molar-refractivity contribution in [3.63, 3.8) is 0 Å². The van der Waals surface area contributed by atoms with Gasteiger partial charge in [-0.15, -0.1) is 0 Å². The third kappa shape index (κ3) is 3.02. The molecule has 1 N–H and O–H groups in total. The molecule has 1 fully saturated rings. The second-order valence-corrected chi connectivity index (χ2v) is 5.08. The summed E-state index contributed by atoms with van der Waals surface area (Å²) < 4.78 is 14.1. The minimum Gasteiger partial charge on any atom is -0.369 e. The molecule has 1 saturated heterocycles. The molecule has 3 heteroatoms. The van der Waals surface area contributed by atoms with E-state index in [1.165, 1.54) is 12.8 Å². The third-order valence-corrected chi connectivity index (χ3v) is 3.80. The summed E-state index contributed by atoms with van der Waals surface area (Å²) in [5.74, 6) is 0.646. The second kappa shape index (κ2) is 6.19. The van der Waals surface area contributed by atoms with Crippen LogP contribution in [-0.2, 0) is 6.54 Å². The fraction of sp³-hybridized carbons (Fsp3) is 0.600. The monoisotopic (exact) mass is 250 g/mol. The van der Waals surface area contributed by atoms with E-state index < -0.39 is 0 Å². The normalized spacial score (nSPS) is 19.5. The van der Waals surface area contributed by atoms with Gasteiger partial charge >= 0.3 is 0 Å². The van der Waals surface area contributed by atoms with E-state index >= 15 is 0 Å². The maximum Gasteiger partial charge on any atom is 0.146 e. The fourth-order valence-corrected chi connectivity index (χ4v) is 2.57. The minimum atomic E-state index is -0.0813. The zero-order valence-electron chi connectivity index (χ0n) is 11.4. The van der Waals surface area contributed by atoms with Crippen LogP contribution in [0.2, 0.25) is 0 Å². The van der Waals surface area contributed by atoms with Crippen molar-refractivity contribution < 1.29 is 4.39 Å². The molecule has 1 atom stereocenters. The van der Waals surface area contributed by atoms with Crippen molar-refractivity contribution in [2.24, 2.45) is 5.92 Å². The number of anilines is 1. The van der Waals surface area contributed by atoms with Crippen molar-refractivity contribution in [3.8, 4) is 0 Å². The third-order valence-electron chi connectivity index (χ3n) is 3.80. The molecule has 2 nitrogen and oxygen atoms in total. The Kier molecular flexibility index (Phi) is 4.59. The van der Waals surface area contributed by atoms with Gasteiger partial charge in [0, 0.05) is 19.6 Å². The van der Waals surface area contributed by atoms with Crippen molar-refractivity contribution in [3.05, 3.63) is 29.6 Å². The number of rotatable bonds is 5. The van der Waals surface area contributed by atoms with E-state index in [1.807, 2.05) is 12.1 Å². The summed E-state index contributed by atoms with van der Waals surface area (Å²) in [6.07, 6.45) is 2.38. The van der Waals surface area contributed by atoms with Crippen LogP contribution in [0.5, 0.6) is 0 Å². The lowest BCUT2D eigenvalue weighted by atomic mass is 10.1. The van der Waals surface area contributed by atoms with Gasteiger partial charge in [-0.25, -0.2) is 4.39 Å². The van der Waals surface area contributed by atoms with Gasteiger partial charge in [0.05, 0.1) is 5.69 Å². The first-order valence-corrected chi connectivity index (χ1v) is 6.98. The van der Waals surface area contributed by atoms with Crippen LogP contribution in [-0.4, -0.2) is 19.6 Å². The molecular weight excluding hydrogens is 227 g/mol. The van der Waals surface area contributed by atoms with Gasteiger partial charge in [0.15, 0.2) is 0 Å². The molecule has 2 rings (SSSR count). The van der Waals surface area contributed by atoms with Crippen molar-refractivity contribution >= 4 is 5.69 Å². The maximum absolute atomic E-state index is 14.1. The predicted molar refractivity (Wildman–Crippen MR) is 74.4 cm³/mol. The van der Waals surface area contributed by atoms with Gasteiger partial charge < -0.3 is 10.2 Å². The van der Waals surface area contributed by atoms with E-state index in [1.54, 1.807) is 6.07 Å². The summed E-state index contributed by atoms with van der Waals surface area (Å²) in [7, 11) is 0. The first kappa shape index (κ1) is 13.3. The van der Waals surface area contributed by atoms with Crippen LogP contribution in [0.3, 0.4) is 0 Å². The molecule has 1 aliphatic rings. The number of hydrogen-bond donors (Lipinski definition) is 1. The quantitative estimate of drug-likeness (QED) is 0.863. The number of hydrogen-bond acceptors (Lipinski definition) is 2. The average molecular weight is 250 g/mol. The second-order valence-electron chi connectivity index (χ2n) is 5.08. The number of nitrogens with zero attached hydrogens (tertiary/aromatic N) is 1. The lowest BCUT2D eigenvalue weighted by Crippen LogP contribution is -2.21. The fourth-order valence-electron chi connectivity index (χ4n) is 2.57. The highest BCUT2D eigenvalue weighted by atomic mass is 19.1. The Morgan fingerprint density at radius 1 is 1.39 bits per heavy atom. The SMILES string of the molecule is CCNCc1ccc(N2CCC(CC)C2)c(F)c1. The minimum absolute atomic E-state index is 0.0813. The van der Waals surface area contributed by atoms with Gasteiger partial charge in [0.25, 0.3) is 0 Å². The van der Waals surface area contributed by atoms with Crippen LogP contribution in [0.25, 0.3) is 0 Å². The van der Waals surface area contributed by atoms with Gasteiger partial charge in [0.1, 0.15) is 5.82 Å². The maximum atomic E-state index is 14.1. The van der Waals surface area contributed by atoms with E-state index in [0.717, 1.165) is 43.3 Å². The number of nitrogens with one attached hydrogen (secondary N) is 1. The Morgan fingerprint density at radius 3 is 2.83 bits per heavy atom. The van der Waals surface area contributed by atoms with E-state index in [4.69, 9.17) is 0 Å². The van der Waals surface area contributed by atoms with Gasteiger partial charge in [-0.05, 0) is 36.6 Å². The van der Waals surface area contributed by atoms with Crippen molar-refractivity contribution in [2.75, 3.05) is 24.5 Å². The Balaban J connectivity index is 2.05. The van der Waals surface area contributed by atoms with Gasteiger partial charge in [-0.1, -0.05) is 26.3 Å².